The Kier molecular flexibility index (Phi) is 7.17. The van der Waals surface area contributed by atoms with Gasteiger partial charge in [-0.3, -0.25) is 14.9 Å². The summed E-state index contributed by atoms with van der Waals surface area (Å²) in [5.41, 5.74) is 2.76. The zero-order chi connectivity index (χ0) is 22.5. The minimum absolute atomic E-state index is 0.0150. The standard InChI is InChI=1S/C22H29N5O4/c1-15(2)22(28)26-11-9-25(10-12-26)21-19(20(14-31-4)23-16(3)24-21)13-17-5-7-18(8-6-17)27(29)30/h5-8,15H,9-14H2,1-4H3. The lowest BCUT2D eigenvalue weighted by atomic mass is 10.0. The molecular formula is C22H29N5O4. The number of anilines is 1. The fraction of sp³-hybridized carbons (Fsp3) is 0.500. The van der Waals surface area contributed by atoms with Gasteiger partial charge in [0.1, 0.15) is 11.6 Å². The maximum absolute atomic E-state index is 12.3. The Balaban J connectivity index is 1.89. The summed E-state index contributed by atoms with van der Waals surface area (Å²) in [5.74, 6) is 1.66. The number of nitro groups is 1. The quantitative estimate of drug-likeness (QED) is 0.494. The predicted molar refractivity (Wildman–Crippen MR) is 117 cm³/mol. The van der Waals surface area contributed by atoms with Crippen molar-refractivity contribution in [2.45, 2.75) is 33.8 Å². The molecule has 0 saturated carbocycles. The summed E-state index contributed by atoms with van der Waals surface area (Å²) in [7, 11) is 1.63. The van der Waals surface area contributed by atoms with E-state index in [2.05, 4.69) is 9.88 Å². The van der Waals surface area contributed by atoms with Gasteiger partial charge >= 0.3 is 0 Å². The minimum atomic E-state index is -0.404. The molecule has 0 radical (unpaired) electrons. The zero-order valence-corrected chi connectivity index (χ0v) is 18.5. The molecule has 1 fully saturated rings. The van der Waals surface area contributed by atoms with Crippen LogP contribution >= 0.6 is 0 Å². The fourth-order valence-corrected chi connectivity index (χ4v) is 3.78. The molecule has 9 heteroatoms. The highest BCUT2D eigenvalue weighted by Crippen LogP contribution is 2.27. The van der Waals surface area contributed by atoms with Gasteiger partial charge in [0.2, 0.25) is 5.91 Å². The van der Waals surface area contributed by atoms with E-state index in [4.69, 9.17) is 9.72 Å². The second kappa shape index (κ2) is 9.82. The minimum Gasteiger partial charge on any atom is -0.378 e. The van der Waals surface area contributed by atoms with Crippen LogP contribution in [0, 0.1) is 23.0 Å². The molecule has 31 heavy (non-hydrogen) atoms. The lowest BCUT2D eigenvalue weighted by molar-refractivity contribution is -0.384. The van der Waals surface area contributed by atoms with Crippen LogP contribution in [0.2, 0.25) is 0 Å². The lowest BCUT2D eigenvalue weighted by Crippen LogP contribution is -2.50. The summed E-state index contributed by atoms with van der Waals surface area (Å²) in [6.45, 7) is 8.72. The molecule has 2 heterocycles. The van der Waals surface area contributed by atoms with Crippen LogP contribution in [0.15, 0.2) is 24.3 Å². The van der Waals surface area contributed by atoms with Crippen LogP contribution in [0.4, 0.5) is 11.5 Å². The Morgan fingerprint density at radius 1 is 1.16 bits per heavy atom. The van der Waals surface area contributed by atoms with Gasteiger partial charge in [0.15, 0.2) is 0 Å². The van der Waals surface area contributed by atoms with Crippen LogP contribution < -0.4 is 4.90 Å². The molecule has 0 N–H and O–H groups in total. The van der Waals surface area contributed by atoms with Crippen molar-refractivity contribution in [3.05, 3.63) is 57.0 Å². The van der Waals surface area contributed by atoms with Crippen molar-refractivity contribution in [1.82, 2.24) is 14.9 Å². The summed E-state index contributed by atoms with van der Waals surface area (Å²) in [5, 5.41) is 11.0. The van der Waals surface area contributed by atoms with Gasteiger partial charge in [-0.25, -0.2) is 9.97 Å². The van der Waals surface area contributed by atoms with Gasteiger partial charge in [-0.15, -0.1) is 0 Å². The Hall–Kier alpha value is -3.07. The van der Waals surface area contributed by atoms with E-state index < -0.39 is 4.92 Å². The second-order valence-electron chi connectivity index (χ2n) is 8.02. The molecule has 1 aromatic heterocycles. The summed E-state index contributed by atoms with van der Waals surface area (Å²) < 4.78 is 5.38. The Morgan fingerprint density at radius 2 is 1.81 bits per heavy atom. The van der Waals surface area contributed by atoms with Crippen LogP contribution in [0.3, 0.4) is 0 Å². The van der Waals surface area contributed by atoms with E-state index >= 15 is 0 Å². The lowest BCUT2D eigenvalue weighted by Gasteiger charge is -2.37. The average molecular weight is 428 g/mol. The molecule has 0 bridgehead atoms. The van der Waals surface area contributed by atoms with Gasteiger partial charge in [0, 0.05) is 63.3 Å². The third-order valence-electron chi connectivity index (χ3n) is 5.38. The number of rotatable bonds is 7. The highest BCUT2D eigenvalue weighted by Gasteiger charge is 2.26. The molecule has 1 aliphatic heterocycles. The van der Waals surface area contributed by atoms with Crippen LogP contribution in [0.1, 0.15) is 36.5 Å². The zero-order valence-electron chi connectivity index (χ0n) is 18.5. The Bertz CT molecular complexity index is 938. The first-order chi connectivity index (χ1) is 14.8. The third-order valence-corrected chi connectivity index (χ3v) is 5.38. The summed E-state index contributed by atoms with van der Waals surface area (Å²) >= 11 is 0. The molecule has 9 nitrogen and oxygen atoms in total. The summed E-state index contributed by atoms with van der Waals surface area (Å²) in [6.07, 6.45) is 0.539. The van der Waals surface area contributed by atoms with E-state index in [9.17, 15) is 14.9 Å². The van der Waals surface area contributed by atoms with E-state index in [1.165, 1.54) is 12.1 Å². The number of nitro benzene ring substituents is 1. The number of nitrogens with zero attached hydrogens (tertiary/aromatic N) is 5. The second-order valence-corrected chi connectivity index (χ2v) is 8.02. The number of aromatic nitrogens is 2. The summed E-state index contributed by atoms with van der Waals surface area (Å²) in [4.78, 5) is 36.3. The normalized spacial score (nSPS) is 14.2. The van der Waals surface area contributed by atoms with E-state index in [0.717, 1.165) is 22.6 Å². The number of carbonyl (C=O) groups excluding carboxylic acids is 1. The highest BCUT2D eigenvalue weighted by atomic mass is 16.6. The monoisotopic (exact) mass is 427 g/mol. The van der Waals surface area contributed by atoms with E-state index in [1.54, 1.807) is 19.2 Å². The molecule has 1 aliphatic rings. The van der Waals surface area contributed by atoms with Crippen molar-refractivity contribution in [3.8, 4) is 0 Å². The maximum atomic E-state index is 12.3. The van der Waals surface area contributed by atoms with Crippen molar-refractivity contribution >= 4 is 17.4 Å². The first kappa shape index (κ1) is 22.6. The van der Waals surface area contributed by atoms with Crippen LogP contribution in [-0.4, -0.2) is 59.0 Å². The molecule has 2 aromatic rings. The van der Waals surface area contributed by atoms with E-state index in [0.29, 0.717) is 45.0 Å². The van der Waals surface area contributed by atoms with Crippen molar-refractivity contribution in [2.24, 2.45) is 5.92 Å². The number of benzene rings is 1. The van der Waals surface area contributed by atoms with Crippen LogP contribution in [-0.2, 0) is 22.6 Å². The number of aryl methyl sites for hydroxylation is 1. The number of piperazine rings is 1. The maximum Gasteiger partial charge on any atom is 0.269 e. The summed E-state index contributed by atoms with van der Waals surface area (Å²) in [6, 6.07) is 6.54. The highest BCUT2D eigenvalue weighted by molar-refractivity contribution is 5.78. The largest absolute Gasteiger partial charge is 0.378 e. The SMILES string of the molecule is COCc1nc(C)nc(N2CCN(C(=O)C(C)C)CC2)c1Cc1ccc([N+](=O)[O-])cc1. The molecule has 0 aliphatic carbocycles. The van der Waals surface area contributed by atoms with Gasteiger partial charge in [-0.05, 0) is 12.5 Å². The van der Waals surface area contributed by atoms with Gasteiger partial charge in [-0.2, -0.15) is 0 Å². The van der Waals surface area contributed by atoms with Crippen molar-refractivity contribution in [3.63, 3.8) is 0 Å². The number of carbonyl (C=O) groups is 1. The van der Waals surface area contributed by atoms with Crippen molar-refractivity contribution < 1.29 is 14.5 Å². The number of methoxy groups -OCH3 is 1. The Morgan fingerprint density at radius 3 is 2.35 bits per heavy atom. The first-order valence-electron chi connectivity index (χ1n) is 10.4. The van der Waals surface area contributed by atoms with E-state index in [-0.39, 0.29) is 17.5 Å². The molecule has 1 aromatic carbocycles. The number of amides is 1. The number of non-ortho nitro benzene ring substituents is 1. The molecular weight excluding hydrogens is 398 g/mol. The molecule has 0 spiro atoms. The molecule has 0 atom stereocenters. The van der Waals surface area contributed by atoms with E-state index in [1.807, 2.05) is 25.7 Å². The molecule has 1 amide bonds. The smallest absolute Gasteiger partial charge is 0.269 e. The van der Waals surface area contributed by atoms with Gasteiger partial charge in [-0.1, -0.05) is 26.0 Å². The molecule has 3 rings (SSSR count). The van der Waals surface area contributed by atoms with Crippen LogP contribution in [0.5, 0.6) is 0 Å². The topological polar surface area (TPSA) is 102 Å². The number of hydrogen-bond donors (Lipinski definition) is 0. The molecule has 166 valence electrons. The number of hydrogen-bond acceptors (Lipinski definition) is 7. The van der Waals surface area contributed by atoms with Gasteiger partial charge in [0.05, 0.1) is 17.2 Å². The number of ether oxygens (including phenoxy) is 1. The molecule has 1 saturated heterocycles. The fourth-order valence-electron chi connectivity index (χ4n) is 3.78. The van der Waals surface area contributed by atoms with Crippen LogP contribution in [0.25, 0.3) is 0 Å². The van der Waals surface area contributed by atoms with Crippen molar-refractivity contribution in [2.75, 3.05) is 38.2 Å². The van der Waals surface area contributed by atoms with Gasteiger partial charge < -0.3 is 14.5 Å². The Labute approximate surface area is 182 Å². The molecule has 0 unspecified atom stereocenters. The predicted octanol–water partition coefficient (Wildman–Crippen LogP) is 2.74. The first-order valence-corrected chi connectivity index (χ1v) is 10.4. The van der Waals surface area contributed by atoms with Crippen molar-refractivity contribution in [1.29, 1.82) is 0 Å². The van der Waals surface area contributed by atoms with Gasteiger partial charge in [0.25, 0.3) is 5.69 Å². The third kappa shape index (κ3) is 5.35. The average Bonchev–Trinajstić information content (AvgIpc) is 2.75.